The first-order chi connectivity index (χ1) is 15.7. The molecule has 0 fully saturated rings. The van der Waals surface area contributed by atoms with Crippen molar-refractivity contribution < 1.29 is 9.18 Å². The van der Waals surface area contributed by atoms with Crippen molar-refractivity contribution in [1.82, 2.24) is 29.5 Å². The number of hydrogen-bond acceptors (Lipinski definition) is 7. The molecule has 10 heteroatoms. The first-order valence-electron chi connectivity index (χ1n) is 10.7. The zero-order valence-corrected chi connectivity index (χ0v) is 18.5. The van der Waals surface area contributed by atoms with E-state index in [1.807, 2.05) is 0 Å². The number of carbonyl (C=O) groups is 1. The molecule has 0 saturated heterocycles. The predicted octanol–water partition coefficient (Wildman–Crippen LogP) is 2.95. The minimum absolute atomic E-state index is 0.198. The van der Waals surface area contributed by atoms with Gasteiger partial charge in [-0.3, -0.25) is 4.79 Å². The standard InChI is InChI=1S/C23H23FN8O/c1-12(2)8-15-21-26-11-27-32(21)10-16(28-15)19-29-18(25)17-20(30-19)31-22(33)23(17,3)9-13-4-6-14(24)7-5-13/h4-7,10-12H,8-9H2,1-3H3,(H3,25,29,30,31,33)/t23-/m0/s1. The second-order valence-corrected chi connectivity index (χ2v) is 8.94. The molecule has 0 radical (unpaired) electrons. The highest BCUT2D eigenvalue weighted by Gasteiger charge is 2.46. The molecule has 0 unspecified atom stereocenters. The third-order valence-corrected chi connectivity index (χ3v) is 5.85. The lowest BCUT2D eigenvalue weighted by Crippen LogP contribution is -2.34. The van der Waals surface area contributed by atoms with Crippen LogP contribution in [0.25, 0.3) is 17.2 Å². The molecule has 1 aliphatic heterocycles. The van der Waals surface area contributed by atoms with Crippen LogP contribution in [0.2, 0.25) is 0 Å². The summed E-state index contributed by atoms with van der Waals surface area (Å²) in [6.45, 7) is 5.99. The third-order valence-electron chi connectivity index (χ3n) is 5.85. The number of aromatic nitrogens is 6. The van der Waals surface area contributed by atoms with Gasteiger partial charge in [0.2, 0.25) is 5.91 Å². The number of halogens is 1. The molecule has 4 heterocycles. The summed E-state index contributed by atoms with van der Waals surface area (Å²) in [4.78, 5) is 31.1. The van der Waals surface area contributed by atoms with Crippen LogP contribution in [0.1, 0.15) is 37.6 Å². The Balaban J connectivity index is 1.58. The van der Waals surface area contributed by atoms with E-state index in [1.165, 1.54) is 18.5 Å². The molecule has 5 rings (SSSR count). The molecule has 4 aromatic rings. The highest BCUT2D eigenvalue weighted by atomic mass is 19.1. The van der Waals surface area contributed by atoms with Crippen molar-refractivity contribution in [3.8, 4) is 11.5 Å². The minimum atomic E-state index is -0.984. The van der Waals surface area contributed by atoms with Gasteiger partial charge in [0.15, 0.2) is 11.5 Å². The van der Waals surface area contributed by atoms with E-state index in [9.17, 15) is 9.18 Å². The third kappa shape index (κ3) is 3.57. The van der Waals surface area contributed by atoms with Gasteiger partial charge in [-0.25, -0.2) is 28.8 Å². The Bertz CT molecular complexity index is 1380. The quantitative estimate of drug-likeness (QED) is 0.483. The number of nitrogens with two attached hydrogens (primary N) is 1. The summed E-state index contributed by atoms with van der Waals surface area (Å²) in [5, 5.41) is 7.08. The Kier molecular flexibility index (Phi) is 4.80. The SMILES string of the molecule is CC(C)Cc1nc(-c2nc(N)c3c(n2)NC(=O)[C@@]3(C)Cc2ccc(F)cc2)cn2ncnc12. The topological polar surface area (TPSA) is 124 Å². The second kappa shape index (κ2) is 7.58. The van der Waals surface area contributed by atoms with E-state index in [4.69, 9.17) is 10.7 Å². The van der Waals surface area contributed by atoms with Crippen LogP contribution in [0.5, 0.6) is 0 Å². The van der Waals surface area contributed by atoms with Crippen molar-refractivity contribution >= 4 is 23.2 Å². The van der Waals surface area contributed by atoms with Crippen LogP contribution < -0.4 is 11.1 Å². The molecule has 0 bridgehead atoms. The van der Waals surface area contributed by atoms with E-state index in [1.54, 1.807) is 29.8 Å². The maximum absolute atomic E-state index is 13.3. The molecule has 9 nitrogen and oxygen atoms in total. The maximum atomic E-state index is 13.3. The number of rotatable bonds is 5. The summed E-state index contributed by atoms with van der Waals surface area (Å²) in [5.41, 5.74) is 8.68. The molecule has 1 amide bonds. The normalized spacial score (nSPS) is 17.5. The first kappa shape index (κ1) is 20.9. The molecular weight excluding hydrogens is 423 g/mol. The monoisotopic (exact) mass is 446 g/mol. The Labute approximate surface area is 189 Å². The summed E-state index contributed by atoms with van der Waals surface area (Å²) in [7, 11) is 0. The largest absolute Gasteiger partial charge is 0.383 e. The number of nitrogen functional groups attached to an aromatic ring is 1. The van der Waals surface area contributed by atoms with E-state index >= 15 is 0 Å². The summed E-state index contributed by atoms with van der Waals surface area (Å²) in [5.74, 6) is 0.647. The van der Waals surface area contributed by atoms with Gasteiger partial charge in [0, 0.05) is 0 Å². The van der Waals surface area contributed by atoms with E-state index in [2.05, 4.69) is 39.2 Å². The summed E-state index contributed by atoms with van der Waals surface area (Å²) < 4.78 is 15.0. The Morgan fingerprint density at radius 2 is 1.94 bits per heavy atom. The number of anilines is 2. The molecular formula is C23H23FN8O. The molecule has 1 atom stereocenters. The first-order valence-corrected chi connectivity index (χ1v) is 10.7. The van der Waals surface area contributed by atoms with Crippen LogP contribution >= 0.6 is 0 Å². The van der Waals surface area contributed by atoms with Crippen molar-refractivity contribution in [2.75, 3.05) is 11.1 Å². The van der Waals surface area contributed by atoms with Gasteiger partial charge in [-0.1, -0.05) is 26.0 Å². The fourth-order valence-electron chi connectivity index (χ4n) is 4.29. The number of amides is 1. The molecule has 3 N–H and O–H groups in total. The molecule has 168 valence electrons. The van der Waals surface area contributed by atoms with Crippen LogP contribution in [-0.2, 0) is 23.1 Å². The van der Waals surface area contributed by atoms with Crippen molar-refractivity contribution in [3.63, 3.8) is 0 Å². The molecule has 3 aromatic heterocycles. The number of carbonyl (C=O) groups excluding carboxylic acids is 1. The van der Waals surface area contributed by atoms with Crippen molar-refractivity contribution in [1.29, 1.82) is 0 Å². The van der Waals surface area contributed by atoms with Crippen molar-refractivity contribution in [2.24, 2.45) is 5.92 Å². The number of nitrogens with one attached hydrogen (secondary N) is 1. The molecule has 1 aromatic carbocycles. The van der Waals surface area contributed by atoms with Gasteiger partial charge in [0.1, 0.15) is 29.5 Å². The van der Waals surface area contributed by atoms with Crippen LogP contribution in [-0.4, -0.2) is 35.5 Å². The minimum Gasteiger partial charge on any atom is -0.383 e. The Hall–Kier alpha value is -3.95. The van der Waals surface area contributed by atoms with Gasteiger partial charge in [0.05, 0.1) is 22.9 Å². The fraction of sp³-hybridized carbons (Fsp3) is 0.304. The average Bonchev–Trinajstić information content (AvgIpc) is 3.32. The lowest BCUT2D eigenvalue weighted by atomic mass is 9.79. The van der Waals surface area contributed by atoms with Crippen molar-refractivity contribution in [2.45, 2.75) is 39.0 Å². The number of hydrogen-bond donors (Lipinski definition) is 2. The second-order valence-electron chi connectivity index (χ2n) is 8.94. The molecule has 0 saturated carbocycles. The van der Waals surface area contributed by atoms with Crippen LogP contribution in [0, 0.1) is 11.7 Å². The fourth-order valence-corrected chi connectivity index (χ4v) is 4.29. The maximum Gasteiger partial charge on any atom is 0.236 e. The molecule has 1 aliphatic rings. The van der Waals surface area contributed by atoms with E-state index < -0.39 is 5.41 Å². The van der Waals surface area contributed by atoms with Gasteiger partial charge in [-0.2, -0.15) is 5.10 Å². The number of nitrogens with zero attached hydrogens (tertiary/aromatic N) is 6. The highest BCUT2D eigenvalue weighted by molar-refractivity contribution is 6.06. The summed E-state index contributed by atoms with van der Waals surface area (Å²) in [6.07, 6.45) is 4.22. The van der Waals surface area contributed by atoms with Gasteiger partial charge in [-0.15, -0.1) is 0 Å². The van der Waals surface area contributed by atoms with E-state index in [0.29, 0.717) is 47.3 Å². The van der Waals surface area contributed by atoms with Crippen molar-refractivity contribution in [3.05, 3.63) is 59.4 Å². The molecule has 0 aliphatic carbocycles. The summed E-state index contributed by atoms with van der Waals surface area (Å²) >= 11 is 0. The highest BCUT2D eigenvalue weighted by Crippen LogP contribution is 2.42. The van der Waals surface area contributed by atoms with Gasteiger partial charge in [-0.05, 0) is 43.4 Å². The van der Waals surface area contributed by atoms with E-state index in [0.717, 1.165) is 11.3 Å². The Morgan fingerprint density at radius 1 is 1.18 bits per heavy atom. The predicted molar refractivity (Wildman–Crippen MR) is 121 cm³/mol. The van der Waals surface area contributed by atoms with Crippen LogP contribution in [0.15, 0.2) is 36.8 Å². The molecule has 33 heavy (non-hydrogen) atoms. The smallest absolute Gasteiger partial charge is 0.236 e. The van der Waals surface area contributed by atoms with Gasteiger partial charge in [0.25, 0.3) is 0 Å². The molecule has 0 spiro atoms. The van der Waals surface area contributed by atoms with Gasteiger partial charge >= 0.3 is 0 Å². The summed E-state index contributed by atoms with van der Waals surface area (Å²) in [6, 6.07) is 6.06. The van der Waals surface area contributed by atoms with E-state index in [-0.39, 0.29) is 17.5 Å². The zero-order valence-electron chi connectivity index (χ0n) is 18.5. The lowest BCUT2D eigenvalue weighted by molar-refractivity contribution is -0.120. The lowest BCUT2D eigenvalue weighted by Gasteiger charge is -2.23. The van der Waals surface area contributed by atoms with Crippen LogP contribution in [0.4, 0.5) is 16.0 Å². The average molecular weight is 446 g/mol. The Morgan fingerprint density at radius 3 is 2.67 bits per heavy atom. The number of benzene rings is 1. The number of fused-ring (bicyclic) bond motifs is 2. The van der Waals surface area contributed by atoms with Gasteiger partial charge < -0.3 is 11.1 Å². The van der Waals surface area contributed by atoms with Crippen LogP contribution in [0.3, 0.4) is 0 Å². The zero-order chi connectivity index (χ0) is 23.3.